The average molecular weight is 497 g/mol. The summed E-state index contributed by atoms with van der Waals surface area (Å²) in [6, 6.07) is 21.5. The monoisotopic (exact) mass is 497 g/mol. The van der Waals surface area contributed by atoms with E-state index in [1.54, 1.807) is 0 Å². The second-order valence-electron chi connectivity index (χ2n) is 5.05. The van der Waals surface area contributed by atoms with Crippen LogP contribution in [-0.2, 0) is 24.9 Å². The third-order valence-electron chi connectivity index (χ3n) is 3.05. The molecule has 0 aliphatic heterocycles. The largest absolute Gasteiger partial charge is 0.512 e. The minimum absolute atomic E-state index is 0. The van der Waals surface area contributed by atoms with Gasteiger partial charge >= 0.3 is 0 Å². The van der Waals surface area contributed by atoms with Crippen LogP contribution in [0.25, 0.3) is 22.4 Å². The minimum atomic E-state index is -0.125. The molecular formula is C20H18IrNO2-. The van der Waals surface area contributed by atoms with E-state index in [1.165, 1.54) is 31.1 Å². The molecule has 0 saturated carbocycles. The summed E-state index contributed by atoms with van der Waals surface area (Å²) in [6.07, 6.45) is 2.98. The number of carbonyl (C=O) groups is 1. The molecule has 1 aromatic rings. The van der Waals surface area contributed by atoms with E-state index in [9.17, 15) is 4.79 Å². The Kier molecular flexibility index (Phi) is 8.03. The molecule has 1 radical (unpaired) electrons. The first-order chi connectivity index (χ1) is 11.1. The molecule has 0 bridgehead atoms. The quantitative estimate of drug-likeness (QED) is 0.318. The van der Waals surface area contributed by atoms with E-state index >= 15 is 0 Å². The Balaban J connectivity index is 0.000000312. The van der Waals surface area contributed by atoms with Gasteiger partial charge in [0, 0.05) is 32.4 Å². The maximum Gasteiger partial charge on any atom is 0.155 e. The number of aromatic nitrogens is 1. The Hall–Kier alpha value is -2.29. The van der Waals surface area contributed by atoms with E-state index < -0.39 is 0 Å². The number of nitrogens with zero attached hydrogens (tertiary/aromatic N) is 1. The molecule has 1 N–H and O–H groups in total. The van der Waals surface area contributed by atoms with Gasteiger partial charge in [-0.1, -0.05) is 30.3 Å². The molecule has 4 heteroatoms. The maximum atomic E-state index is 10.0. The zero-order chi connectivity index (χ0) is 16.7. The van der Waals surface area contributed by atoms with E-state index in [2.05, 4.69) is 23.2 Å². The van der Waals surface area contributed by atoms with Gasteiger partial charge in [-0.15, -0.1) is 41.0 Å². The summed E-state index contributed by atoms with van der Waals surface area (Å²) in [6.45, 7) is 2.85. The van der Waals surface area contributed by atoms with Gasteiger partial charge in [0.2, 0.25) is 0 Å². The fourth-order valence-corrected chi connectivity index (χ4v) is 2.16. The number of pyridine rings is 1. The van der Waals surface area contributed by atoms with Crippen LogP contribution in [0, 0.1) is 6.07 Å². The van der Waals surface area contributed by atoms with Crippen molar-refractivity contribution in [1.82, 2.24) is 4.98 Å². The number of fused-ring (bicyclic) bond motifs is 1. The zero-order valence-corrected chi connectivity index (χ0v) is 15.9. The fourth-order valence-electron chi connectivity index (χ4n) is 2.16. The number of allylic oxidation sites excluding steroid dienone is 2. The van der Waals surface area contributed by atoms with Gasteiger partial charge in [-0.2, -0.15) is 0 Å². The maximum absolute atomic E-state index is 10.0. The van der Waals surface area contributed by atoms with E-state index in [-0.39, 0.29) is 31.6 Å². The molecule has 1 aromatic heterocycles. The molecule has 0 spiro atoms. The summed E-state index contributed by atoms with van der Waals surface area (Å²) in [4.78, 5) is 14.4. The van der Waals surface area contributed by atoms with Gasteiger partial charge in [-0.05, 0) is 25.6 Å². The van der Waals surface area contributed by atoms with Gasteiger partial charge in [-0.25, -0.2) is 0 Å². The Morgan fingerprint density at radius 3 is 2.38 bits per heavy atom. The molecule has 0 unspecified atom stereocenters. The Morgan fingerprint density at radius 2 is 1.79 bits per heavy atom. The van der Waals surface area contributed by atoms with Gasteiger partial charge in [0.25, 0.3) is 0 Å². The number of hydrogen-bond donors (Lipinski definition) is 1. The number of aliphatic hydroxyl groups is 1. The predicted octanol–water partition coefficient (Wildman–Crippen LogP) is 4.69. The second kappa shape index (κ2) is 9.76. The van der Waals surface area contributed by atoms with Crippen LogP contribution in [0.15, 0.2) is 72.6 Å². The van der Waals surface area contributed by atoms with Crippen LogP contribution in [0.4, 0.5) is 0 Å². The molecule has 125 valence electrons. The molecule has 3 nitrogen and oxygen atoms in total. The minimum Gasteiger partial charge on any atom is -0.512 e. The van der Waals surface area contributed by atoms with Crippen LogP contribution in [0.3, 0.4) is 0 Å². The molecular weight excluding hydrogens is 478 g/mol. The van der Waals surface area contributed by atoms with E-state index in [0.29, 0.717) is 0 Å². The summed E-state index contributed by atoms with van der Waals surface area (Å²) in [5.41, 5.74) is 4.45. The topological polar surface area (TPSA) is 50.2 Å². The van der Waals surface area contributed by atoms with Crippen molar-refractivity contribution in [2.75, 3.05) is 0 Å². The van der Waals surface area contributed by atoms with Crippen LogP contribution in [0.5, 0.6) is 0 Å². The molecule has 0 saturated heterocycles. The normalized spacial score (nSPS) is 10.3. The first kappa shape index (κ1) is 19.8. The van der Waals surface area contributed by atoms with Gasteiger partial charge in [0.15, 0.2) is 5.78 Å². The molecule has 0 fully saturated rings. The van der Waals surface area contributed by atoms with Crippen molar-refractivity contribution in [3.05, 3.63) is 78.7 Å². The number of hydrogen-bond acceptors (Lipinski definition) is 3. The summed E-state index contributed by atoms with van der Waals surface area (Å²) in [5.74, 6) is -0.0625. The van der Waals surface area contributed by atoms with Crippen LogP contribution in [-0.4, -0.2) is 15.9 Å². The molecule has 2 aliphatic carbocycles. The average Bonchev–Trinajstić information content (AvgIpc) is 2.76. The van der Waals surface area contributed by atoms with E-state index in [4.69, 9.17) is 5.11 Å². The molecule has 1 heterocycles. The van der Waals surface area contributed by atoms with Crippen LogP contribution < -0.4 is 0 Å². The van der Waals surface area contributed by atoms with Crippen molar-refractivity contribution in [1.29, 1.82) is 0 Å². The van der Waals surface area contributed by atoms with E-state index in [0.717, 1.165) is 11.3 Å². The Labute approximate surface area is 155 Å². The number of aliphatic hydroxyl groups excluding tert-OH is 1. The van der Waals surface area contributed by atoms with Gasteiger partial charge in [-0.3, -0.25) is 4.79 Å². The summed E-state index contributed by atoms with van der Waals surface area (Å²) >= 11 is 0. The van der Waals surface area contributed by atoms with Crippen molar-refractivity contribution in [3.63, 3.8) is 0 Å². The van der Waals surface area contributed by atoms with Crippen LogP contribution in [0.2, 0.25) is 0 Å². The molecule has 2 aliphatic rings. The molecule has 3 rings (SSSR count). The fraction of sp³-hybridized carbons (Fsp3) is 0.100. The molecule has 24 heavy (non-hydrogen) atoms. The van der Waals surface area contributed by atoms with Crippen molar-refractivity contribution in [3.8, 4) is 22.4 Å². The number of rotatable bonds is 2. The summed E-state index contributed by atoms with van der Waals surface area (Å²) < 4.78 is 0. The van der Waals surface area contributed by atoms with Gasteiger partial charge in [0.1, 0.15) is 0 Å². The second-order valence-corrected chi connectivity index (χ2v) is 5.05. The first-order valence-corrected chi connectivity index (χ1v) is 7.26. The number of ketones is 1. The third kappa shape index (κ3) is 5.73. The Bertz CT molecular complexity index is 781. The molecule has 0 atom stereocenters. The van der Waals surface area contributed by atoms with Gasteiger partial charge < -0.3 is 10.1 Å². The third-order valence-corrected chi connectivity index (χ3v) is 3.05. The standard InChI is InChI=1S/C15H10N.C5H8O2.Ir/c1-2-6-12-9-10-14(13(12)7-3-1)15-8-4-5-11-16-15;1-4(6)3-5(2)7;/h1-9,11H;3,6H,1-2H3;/q-1;;/b;4-3-;. The smallest absolute Gasteiger partial charge is 0.155 e. The van der Waals surface area contributed by atoms with Crippen LogP contribution >= 0.6 is 0 Å². The van der Waals surface area contributed by atoms with Crippen molar-refractivity contribution in [2.24, 2.45) is 0 Å². The molecule has 0 aromatic carbocycles. The van der Waals surface area contributed by atoms with Gasteiger partial charge in [0.05, 0.1) is 5.76 Å². The van der Waals surface area contributed by atoms with E-state index in [1.807, 2.05) is 48.7 Å². The summed E-state index contributed by atoms with van der Waals surface area (Å²) in [5, 5.41) is 8.36. The van der Waals surface area contributed by atoms with Crippen molar-refractivity contribution in [2.45, 2.75) is 13.8 Å². The van der Waals surface area contributed by atoms with Crippen LogP contribution in [0.1, 0.15) is 13.8 Å². The predicted molar refractivity (Wildman–Crippen MR) is 92.2 cm³/mol. The van der Waals surface area contributed by atoms with Crippen molar-refractivity contribution >= 4 is 5.78 Å². The molecule has 0 amide bonds. The Morgan fingerprint density at radius 1 is 1.08 bits per heavy atom. The zero-order valence-electron chi connectivity index (χ0n) is 13.5. The summed E-state index contributed by atoms with van der Waals surface area (Å²) in [7, 11) is 0. The SMILES string of the molecule is CC(=O)/C=C(/C)O.[Ir].[c-]1cc2cccccc-2c1-c1ccccn1. The first-order valence-electron chi connectivity index (χ1n) is 7.26. The number of carbonyl (C=O) groups excluding carboxylic acids is 1. The van der Waals surface area contributed by atoms with Crippen molar-refractivity contribution < 1.29 is 30.0 Å².